The molecule has 0 aromatic heterocycles. The number of nitrogens with one attached hydrogen (secondary N) is 1. The van der Waals surface area contributed by atoms with E-state index in [1.54, 1.807) is 11.8 Å². The minimum absolute atomic E-state index is 0.0530. The van der Waals surface area contributed by atoms with Crippen LogP contribution in [0.15, 0.2) is 5.11 Å². The highest BCUT2D eigenvalue weighted by atomic mass is 32.2. The largest absolute Gasteiger partial charge is 0.465 e. The number of rotatable bonds is 8. The van der Waals surface area contributed by atoms with Crippen molar-refractivity contribution in [2.45, 2.75) is 37.0 Å². The number of nitrogens with zero attached hydrogens (tertiary/aromatic N) is 3. The topological polar surface area (TPSA) is 87.1 Å². The first-order chi connectivity index (χ1) is 8.70. The van der Waals surface area contributed by atoms with Crippen molar-refractivity contribution in [2.24, 2.45) is 5.11 Å². The third kappa shape index (κ3) is 3.54. The maximum atomic E-state index is 12.0. The summed E-state index contributed by atoms with van der Waals surface area (Å²) in [6, 6.07) is -0.310. The van der Waals surface area contributed by atoms with E-state index in [1.165, 1.54) is 0 Å². The number of thioether (sulfide) groups is 1. The Balaban J connectivity index is 2.62. The standard InChI is InChI=1S/C11H20N4O2S/c1-3-17-10(16)9(13-7-8-14-15-12)11(18-2)5-4-6-11/h9,13H,3-8H2,1-2H3. The van der Waals surface area contributed by atoms with E-state index in [4.69, 9.17) is 10.3 Å². The average molecular weight is 272 g/mol. The number of hydrogen-bond acceptors (Lipinski definition) is 5. The molecule has 1 aliphatic carbocycles. The maximum Gasteiger partial charge on any atom is 0.324 e. The van der Waals surface area contributed by atoms with Gasteiger partial charge in [0.25, 0.3) is 0 Å². The minimum Gasteiger partial charge on any atom is -0.465 e. The second-order valence-electron chi connectivity index (χ2n) is 4.22. The summed E-state index contributed by atoms with van der Waals surface area (Å²) in [5, 5.41) is 6.63. The fourth-order valence-corrected chi connectivity index (χ4v) is 3.26. The van der Waals surface area contributed by atoms with Gasteiger partial charge in [-0.3, -0.25) is 4.79 Å². The molecule has 0 radical (unpaired) electrons. The van der Waals surface area contributed by atoms with Gasteiger partial charge < -0.3 is 10.1 Å². The van der Waals surface area contributed by atoms with Crippen LogP contribution in [0, 0.1) is 0 Å². The number of azide groups is 1. The summed E-state index contributed by atoms with van der Waals surface area (Å²) in [5.74, 6) is -0.201. The smallest absolute Gasteiger partial charge is 0.324 e. The zero-order valence-electron chi connectivity index (χ0n) is 10.9. The van der Waals surface area contributed by atoms with Crippen LogP contribution in [0.25, 0.3) is 10.4 Å². The zero-order valence-corrected chi connectivity index (χ0v) is 11.7. The van der Waals surface area contributed by atoms with E-state index in [9.17, 15) is 4.79 Å². The molecule has 1 saturated carbocycles. The van der Waals surface area contributed by atoms with Gasteiger partial charge in [-0.25, -0.2) is 0 Å². The highest BCUT2D eigenvalue weighted by Gasteiger charge is 2.47. The number of ether oxygens (including phenoxy) is 1. The van der Waals surface area contributed by atoms with Crippen LogP contribution in [0.3, 0.4) is 0 Å². The van der Waals surface area contributed by atoms with E-state index in [0.29, 0.717) is 19.7 Å². The van der Waals surface area contributed by atoms with Gasteiger partial charge in [0.05, 0.1) is 6.61 Å². The van der Waals surface area contributed by atoms with Crippen molar-refractivity contribution in [3.05, 3.63) is 10.4 Å². The third-order valence-corrected chi connectivity index (χ3v) is 4.74. The number of esters is 1. The molecule has 0 amide bonds. The van der Waals surface area contributed by atoms with Gasteiger partial charge in [-0.15, -0.1) is 0 Å². The molecule has 0 aromatic carbocycles. The lowest BCUT2D eigenvalue weighted by molar-refractivity contribution is -0.147. The van der Waals surface area contributed by atoms with Crippen LogP contribution in [0.5, 0.6) is 0 Å². The lowest BCUT2D eigenvalue weighted by Gasteiger charge is -2.45. The van der Waals surface area contributed by atoms with Gasteiger partial charge in [-0.05, 0) is 31.6 Å². The molecule has 0 heterocycles. The summed E-state index contributed by atoms with van der Waals surface area (Å²) >= 11 is 1.72. The van der Waals surface area contributed by atoms with Crippen LogP contribution in [0.4, 0.5) is 0 Å². The Kier molecular flexibility index (Phi) is 6.32. The molecule has 0 spiro atoms. The predicted molar refractivity (Wildman–Crippen MR) is 72.5 cm³/mol. The zero-order chi connectivity index (χ0) is 13.4. The van der Waals surface area contributed by atoms with Crippen LogP contribution >= 0.6 is 11.8 Å². The molecule has 1 aliphatic rings. The summed E-state index contributed by atoms with van der Waals surface area (Å²) < 4.78 is 5.07. The fraction of sp³-hybridized carbons (Fsp3) is 0.909. The van der Waals surface area contributed by atoms with Crippen LogP contribution in [-0.4, -0.2) is 42.7 Å². The number of carbonyl (C=O) groups is 1. The van der Waals surface area contributed by atoms with Gasteiger partial charge in [0, 0.05) is 22.7 Å². The van der Waals surface area contributed by atoms with E-state index in [0.717, 1.165) is 19.3 Å². The molecule has 0 saturated heterocycles. The SMILES string of the molecule is CCOC(=O)C(NCCN=[N+]=[N-])C1(SC)CCC1. The van der Waals surface area contributed by atoms with Crippen molar-refractivity contribution in [3.63, 3.8) is 0 Å². The first kappa shape index (κ1) is 15.1. The highest BCUT2D eigenvalue weighted by molar-refractivity contribution is 8.00. The average Bonchev–Trinajstić information content (AvgIpc) is 2.31. The van der Waals surface area contributed by atoms with E-state index in [-0.39, 0.29) is 16.8 Å². The first-order valence-electron chi connectivity index (χ1n) is 6.16. The normalized spacial score (nSPS) is 18.3. The molecule has 1 N–H and O–H groups in total. The quantitative estimate of drug-likeness (QED) is 0.241. The summed E-state index contributed by atoms with van der Waals surface area (Å²) in [4.78, 5) is 14.7. The molecular formula is C11H20N4O2S. The van der Waals surface area contributed by atoms with E-state index in [2.05, 4.69) is 15.3 Å². The molecule has 7 heteroatoms. The van der Waals surface area contributed by atoms with Gasteiger partial charge in [-0.1, -0.05) is 11.5 Å². The number of carbonyl (C=O) groups excluding carboxylic acids is 1. The number of hydrogen-bond donors (Lipinski definition) is 1. The molecule has 1 unspecified atom stereocenters. The fourth-order valence-electron chi connectivity index (χ4n) is 2.15. The van der Waals surface area contributed by atoms with Crippen LogP contribution in [0.2, 0.25) is 0 Å². The van der Waals surface area contributed by atoms with Gasteiger partial charge in [0.1, 0.15) is 6.04 Å². The van der Waals surface area contributed by atoms with Crippen LogP contribution < -0.4 is 5.32 Å². The van der Waals surface area contributed by atoms with Crippen molar-refractivity contribution < 1.29 is 9.53 Å². The van der Waals surface area contributed by atoms with Crippen molar-refractivity contribution in [2.75, 3.05) is 26.0 Å². The molecule has 1 fully saturated rings. The van der Waals surface area contributed by atoms with Gasteiger partial charge >= 0.3 is 5.97 Å². The second kappa shape index (κ2) is 7.51. The molecule has 102 valence electrons. The Bertz CT molecular complexity index is 321. The van der Waals surface area contributed by atoms with E-state index >= 15 is 0 Å². The van der Waals surface area contributed by atoms with Crippen molar-refractivity contribution in [3.8, 4) is 0 Å². The van der Waals surface area contributed by atoms with Gasteiger partial charge in [0.15, 0.2) is 0 Å². The molecular weight excluding hydrogens is 252 g/mol. The Hall–Kier alpha value is -0.910. The van der Waals surface area contributed by atoms with E-state index in [1.807, 2.05) is 13.2 Å². The Morgan fingerprint density at radius 1 is 1.67 bits per heavy atom. The molecule has 1 atom stereocenters. The molecule has 1 rings (SSSR count). The predicted octanol–water partition coefficient (Wildman–Crippen LogP) is 2.10. The van der Waals surface area contributed by atoms with Gasteiger partial charge in [-0.2, -0.15) is 11.8 Å². The third-order valence-electron chi connectivity index (χ3n) is 3.28. The molecule has 6 nitrogen and oxygen atoms in total. The van der Waals surface area contributed by atoms with Gasteiger partial charge in [0.2, 0.25) is 0 Å². The Morgan fingerprint density at radius 3 is 2.83 bits per heavy atom. The van der Waals surface area contributed by atoms with Crippen molar-refractivity contribution in [1.82, 2.24) is 5.32 Å². The molecule has 18 heavy (non-hydrogen) atoms. The second-order valence-corrected chi connectivity index (χ2v) is 5.44. The maximum absolute atomic E-state index is 12.0. The lowest BCUT2D eigenvalue weighted by atomic mass is 9.78. The lowest BCUT2D eigenvalue weighted by Crippen LogP contribution is -2.57. The molecule has 0 aromatic rings. The Labute approximate surface area is 111 Å². The van der Waals surface area contributed by atoms with Crippen LogP contribution in [0.1, 0.15) is 26.2 Å². The van der Waals surface area contributed by atoms with E-state index < -0.39 is 0 Å². The summed E-state index contributed by atoms with van der Waals surface area (Å²) in [6.45, 7) is 3.03. The minimum atomic E-state index is -0.310. The van der Waals surface area contributed by atoms with Crippen LogP contribution in [-0.2, 0) is 9.53 Å². The highest BCUT2D eigenvalue weighted by Crippen LogP contribution is 2.45. The van der Waals surface area contributed by atoms with Crippen molar-refractivity contribution in [1.29, 1.82) is 0 Å². The monoisotopic (exact) mass is 272 g/mol. The molecule has 0 aliphatic heterocycles. The first-order valence-corrected chi connectivity index (χ1v) is 7.38. The Morgan fingerprint density at radius 2 is 2.39 bits per heavy atom. The van der Waals surface area contributed by atoms with Crippen molar-refractivity contribution >= 4 is 17.7 Å². The summed E-state index contributed by atoms with van der Waals surface area (Å²) in [6.07, 6.45) is 5.22. The summed E-state index contributed by atoms with van der Waals surface area (Å²) in [7, 11) is 0. The summed E-state index contributed by atoms with van der Waals surface area (Å²) in [5.41, 5.74) is 8.22. The molecule has 0 bridgehead atoms.